The Bertz CT molecular complexity index is 31.8. The Hall–Kier alpha value is -0.0505. The molecule has 0 atom stereocenters. The van der Waals surface area contributed by atoms with E-state index in [1.807, 2.05) is 0 Å². The molecule has 0 saturated carbocycles. The molecular weight excluding hydrogens is 128 g/mol. The van der Waals surface area contributed by atoms with Crippen LogP contribution in [0.25, 0.3) is 0 Å². The summed E-state index contributed by atoms with van der Waals surface area (Å²) in [6, 6.07) is 0. The van der Waals surface area contributed by atoms with Gasteiger partial charge in [-0.05, 0) is 6.92 Å². The standard InChI is InChI=1S/C2H4O2.Fe.H2O/c1-2(3)4;;/h1H3,(H,3,4);;1H2/q;+3;/p-2. The van der Waals surface area contributed by atoms with Crippen LogP contribution in [0.5, 0.6) is 0 Å². The van der Waals surface area contributed by atoms with Gasteiger partial charge in [-0.3, -0.25) is 0 Å². The molecule has 0 aliphatic heterocycles. The van der Waals surface area contributed by atoms with Gasteiger partial charge in [0.2, 0.25) is 0 Å². The van der Waals surface area contributed by atoms with Crippen molar-refractivity contribution in [2.45, 2.75) is 6.92 Å². The molecule has 6 heavy (non-hydrogen) atoms. The number of carbonyl (C=O) groups is 1. The SMILES string of the molecule is CC(=O)[O-].[Fe+3].[OH-]. The average Bonchev–Trinajstić information content (AvgIpc) is 0.811. The monoisotopic (exact) mass is 132 g/mol. The number of rotatable bonds is 0. The molecule has 0 aliphatic rings. The number of aliphatic carboxylic acids is 1. The zero-order valence-electron chi connectivity index (χ0n) is 3.12. The van der Waals surface area contributed by atoms with Gasteiger partial charge in [0.05, 0.1) is 0 Å². The molecule has 0 fully saturated rings. The summed E-state index contributed by atoms with van der Waals surface area (Å²) in [5.74, 6) is -1.08. The Morgan fingerprint density at radius 1 is 1.67 bits per heavy atom. The van der Waals surface area contributed by atoms with E-state index in [2.05, 4.69) is 0 Å². The van der Waals surface area contributed by atoms with Gasteiger partial charge in [0.1, 0.15) is 0 Å². The fourth-order valence-corrected chi connectivity index (χ4v) is 0. The zero-order chi connectivity index (χ0) is 3.58. The van der Waals surface area contributed by atoms with Crippen molar-refractivity contribution in [3.8, 4) is 0 Å². The van der Waals surface area contributed by atoms with Crippen LogP contribution in [0.1, 0.15) is 6.92 Å². The van der Waals surface area contributed by atoms with E-state index in [0.717, 1.165) is 6.92 Å². The minimum Gasteiger partial charge on any atom is -0.870 e. The van der Waals surface area contributed by atoms with Crippen molar-refractivity contribution in [1.82, 2.24) is 0 Å². The maximum Gasteiger partial charge on any atom is 3.00 e. The van der Waals surface area contributed by atoms with Gasteiger partial charge in [0, 0.05) is 5.97 Å². The second-order valence-electron chi connectivity index (χ2n) is 0.492. The molecule has 4 heteroatoms. The molecular formula is C2H4FeO3+. The largest absolute Gasteiger partial charge is 3.00 e. The first-order chi connectivity index (χ1) is 1.73. The molecule has 0 spiro atoms. The molecule has 0 aliphatic carbocycles. The van der Waals surface area contributed by atoms with E-state index in [-0.39, 0.29) is 22.5 Å². The summed E-state index contributed by atoms with van der Waals surface area (Å²) in [7, 11) is 0. The van der Waals surface area contributed by atoms with Crippen LogP contribution in [0.4, 0.5) is 0 Å². The predicted octanol–water partition coefficient (Wildman–Crippen LogP) is -1.42. The normalized spacial score (nSPS) is 4.17. The number of hydrogen-bond donors (Lipinski definition) is 0. The fourth-order valence-electron chi connectivity index (χ4n) is 0. The Kier molecular flexibility index (Phi) is 24.8. The minimum atomic E-state index is -1.08. The average molecular weight is 132 g/mol. The van der Waals surface area contributed by atoms with Crippen molar-refractivity contribution in [3.63, 3.8) is 0 Å². The Morgan fingerprint density at radius 3 is 1.67 bits per heavy atom. The van der Waals surface area contributed by atoms with Crippen molar-refractivity contribution in [2.24, 2.45) is 0 Å². The van der Waals surface area contributed by atoms with E-state index in [1.165, 1.54) is 0 Å². The maximum atomic E-state index is 8.89. The van der Waals surface area contributed by atoms with Gasteiger partial charge in [-0.15, -0.1) is 0 Å². The van der Waals surface area contributed by atoms with Crippen molar-refractivity contribution < 1.29 is 32.4 Å². The smallest absolute Gasteiger partial charge is 0.870 e. The first kappa shape index (κ1) is 16.8. The van der Waals surface area contributed by atoms with Gasteiger partial charge in [-0.2, -0.15) is 0 Å². The van der Waals surface area contributed by atoms with E-state index >= 15 is 0 Å². The topological polar surface area (TPSA) is 70.1 Å². The zero-order valence-corrected chi connectivity index (χ0v) is 4.22. The fraction of sp³-hybridized carbons (Fsp3) is 0.500. The summed E-state index contributed by atoms with van der Waals surface area (Å²) >= 11 is 0. The molecule has 0 rings (SSSR count). The van der Waals surface area contributed by atoms with E-state index < -0.39 is 5.97 Å². The molecule has 0 unspecified atom stereocenters. The first-order valence-electron chi connectivity index (χ1n) is 0.908. The van der Waals surface area contributed by atoms with Crippen molar-refractivity contribution in [1.29, 1.82) is 0 Å². The minimum absolute atomic E-state index is 0. The quantitative estimate of drug-likeness (QED) is 0.379. The van der Waals surface area contributed by atoms with Gasteiger partial charge in [-0.25, -0.2) is 0 Å². The van der Waals surface area contributed by atoms with Crippen LogP contribution in [0.15, 0.2) is 0 Å². The Labute approximate surface area is 46.1 Å². The summed E-state index contributed by atoms with van der Waals surface area (Å²) in [4.78, 5) is 8.89. The van der Waals surface area contributed by atoms with Gasteiger partial charge >= 0.3 is 17.1 Å². The molecule has 0 amide bonds. The second-order valence-corrected chi connectivity index (χ2v) is 0.492. The van der Waals surface area contributed by atoms with Crippen molar-refractivity contribution >= 4 is 5.97 Å². The molecule has 1 N–H and O–H groups in total. The third-order valence-corrected chi connectivity index (χ3v) is 0. The van der Waals surface area contributed by atoms with E-state index in [0.29, 0.717) is 0 Å². The Balaban J connectivity index is -0.0000000450. The van der Waals surface area contributed by atoms with Crippen LogP contribution in [0, 0.1) is 0 Å². The molecule has 3 nitrogen and oxygen atoms in total. The number of carboxylic acids is 1. The molecule has 0 saturated heterocycles. The molecule has 1 radical (unpaired) electrons. The van der Waals surface area contributed by atoms with E-state index in [4.69, 9.17) is 9.90 Å². The summed E-state index contributed by atoms with van der Waals surface area (Å²) in [6.07, 6.45) is 0. The molecule has 0 bridgehead atoms. The van der Waals surface area contributed by atoms with E-state index in [1.54, 1.807) is 0 Å². The van der Waals surface area contributed by atoms with Crippen LogP contribution in [0.3, 0.4) is 0 Å². The Morgan fingerprint density at radius 2 is 1.67 bits per heavy atom. The van der Waals surface area contributed by atoms with Crippen LogP contribution in [-0.4, -0.2) is 11.4 Å². The summed E-state index contributed by atoms with van der Waals surface area (Å²) in [5.41, 5.74) is 0. The predicted molar refractivity (Wildman–Crippen MR) is 12.6 cm³/mol. The summed E-state index contributed by atoms with van der Waals surface area (Å²) in [6.45, 7) is 0.972. The third-order valence-electron chi connectivity index (χ3n) is 0. The third kappa shape index (κ3) is 13500. The molecule has 0 heterocycles. The number of carboxylic acid groups (broad SMARTS) is 1. The second kappa shape index (κ2) is 8.87. The van der Waals surface area contributed by atoms with Gasteiger partial charge in [0.25, 0.3) is 0 Å². The van der Waals surface area contributed by atoms with Gasteiger partial charge in [-0.1, -0.05) is 0 Å². The van der Waals surface area contributed by atoms with Crippen LogP contribution in [-0.2, 0) is 21.9 Å². The molecule has 37 valence electrons. The molecule has 0 aromatic rings. The summed E-state index contributed by atoms with van der Waals surface area (Å²) < 4.78 is 0. The van der Waals surface area contributed by atoms with Crippen molar-refractivity contribution in [3.05, 3.63) is 0 Å². The van der Waals surface area contributed by atoms with Crippen LogP contribution < -0.4 is 5.11 Å². The van der Waals surface area contributed by atoms with Crippen LogP contribution >= 0.6 is 0 Å². The number of hydrogen-bond acceptors (Lipinski definition) is 3. The van der Waals surface area contributed by atoms with Gasteiger partial charge in [0.15, 0.2) is 0 Å². The summed E-state index contributed by atoms with van der Waals surface area (Å²) in [5, 5.41) is 8.89. The maximum absolute atomic E-state index is 8.89. The number of carbonyl (C=O) groups excluding carboxylic acids is 1. The first-order valence-corrected chi connectivity index (χ1v) is 0.908. The van der Waals surface area contributed by atoms with Gasteiger partial charge < -0.3 is 15.4 Å². The molecule has 0 aromatic heterocycles. The van der Waals surface area contributed by atoms with Crippen molar-refractivity contribution in [2.75, 3.05) is 0 Å². The molecule has 0 aromatic carbocycles. The van der Waals surface area contributed by atoms with Crippen LogP contribution in [0.2, 0.25) is 0 Å². The van der Waals surface area contributed by atoms with E-state index in [9.17, 15) is 0 Å².